The lowest BCUT2D eigenvalue weighted by molar-refractivity contribution is 0.102. The summed E-state index contributed by atoms with van der Waals surface area (Å²) in [6, 6.07) is 11.3. The lowest BCUT2D eigenvalue weighted by atomic mass is 10.2. The molecule has 1 N–H and O–H groups in total. The van der Waals surface area contributed by atoms with E-state index in [0.29, 0.717) is 11.3 Å². The van der Waals surface area contributed by atoms with Crippen molar-refractivity contribution >= 4 is 11.6 Å². The van der Waals surface area contributed by atoms with Crippen LogP contribution in [0.1, 0.15) is 10.4 Å². The van der Waals surface area contributed by atoms with Gasteiger partial charge in [-0.05, 0) is 36.4 Å². The highest BCUT2D eigenvalue weighted by Crippen LogP contribution is 2.19. The van der Waals surface area contributed by atoms with Gasteiger partial charge in [0.2, 0.25) is 0 Å². The summed E-state index contributed by atoms with van der Waals surface area (Å²) in [5, 5.41) is 2.59. The van der Waals surface area contributed by atoms with Gasteiger partial charge in [-0.15, -0.1) is 0 Å². The molecule has 0 bridgehead atoms. The second kappa shape index (κ2) is 6.31. The molecule has 0 aliphatic carbocycles. The number of nitrogens with one attached hydrogen (secondary N) is 1. The number of carbonyl (C=O) groups is 1. The number of hydrogen-bond acceptors (Lipinski definition) is 3. The number of hydrogen-bond donors (Lipinski definition) is 1. The molecule has 0 atom stereocenters. The minimum absolute atomic E-state index is 0.225. The number of amides is 1. The van der Waals surface area contributed by atoms with Crippen LogP contribution in [0.5, 0.6) is 0 Å². The van der Waals surface area contributed by atoms with Crippen LogP contribution in [-0.4, -0.2) is 15.9 Å². The first-order chi connectivity index (χ1) is 11.1. The molecule has 23 heavy (non-hydrogen) atoms. The Bertz CT molecular complexity index is 833. The van der Waals surface area contributed by atoms with Gasteiger partial charge in [0.05, 0.1) is 23.6 Å². The fourth-order valence-electron chi connectivity index (χ4n) is 1.98. The molecule has 0 spiro atoms. The van der Waals surface area contributed by atoms with Crippen molar-refractivity contribution in [2.45, 2.75) is 0 Å². The molecule has 2 aromatic carbocycles. The van der Waals surface area contributed by atoms with Crippen molar-refractivity contribution in [3.63, 3.8) is 0 Å². The number of rotatable bonds is 3. The van der Waals surface area contributed by atoms with Gasteiger partial charge in [0, 0.05) is 5.56 Å². The number of anilines is 1. The molecule has 114 valence electrons. The van der Waals surface area contributed by atoms with Crippen LogP contribution in [-0.2, 0) is 0 Å². The van der Waals surface area contributed by atoms with E-state index in [9.17, 15) is 13.6 Å². The fraction of sp³-hybridized carbons (Fsp3) is 0. The molecule has 1 amide bonds. The van der Waals surface area contributed by atoms with Crippen molar-refractivity contribution in [2.75, 3.05) is 5.32 Å². The average molecular weight is 311 g/mol. The maximum Gasteiger partial charge on any atom is 0.255 e. The van der Waals surface area contributed by atoms with Crippen LogP contribution < -0.4 is 5.32 Å². The molecular formula is C17H11F2N3O. The van der Waals surface area contributed by atoms with E-state index in [1.807, 2.05) is 0 Å². The predicted octanol–water partition coefficient (Wildman–Crippen LogP) is 3.67. The minimum Gasteiger partial charge on any atom is -0.319 e. The van der Waals surface area contributed by atoms with Crippen molar-refractivity contribution in [1.82, 2.24) is 9.97 Å². The largest absolute Gasteiger partial charge is 0.319 e. The summed E-state index contributed by atoms with van der Waals surface area (Å²) in [7, 11) is 0. The van der Waals surface area contributed by atoms with Gasteiger partial charge < -0.3 is 5.32 Å². The summed E-state index contributed by atoms with van der Waals surface area (Å²) < 4.78 is 26.5. The van der Waals surface area contributed by atoms with Crippen molar-refractivity contribution < 1.29 is 13.6 Å². The van der Waals surface area contributed by atoms with E-state index in [0.717, 1.165) is 0 Å². The molecule has 3 aromatic rings. The first kappa shape index (κ1) is 14.8. The lowest BCUT2D eigenvalue weighted by Crippen LogP contribution is -2.12. The van der Waals surface area contributed by atoms with Gasteiger partial charge in [0.15, 0.2) is 5.82 Å². The molecule has 0 unspecified atom stereocenters. The van der Waals surface area contributed by atoms with Gasteiger partial charge in [0.25, 0.3) is 5.91 Å². The highest BCUT2D eigenvalue weighted by molar-refractivity contribution is 6.04. The Kier molecular flexibility index (Phi) is 4.05. The zero-order valence-corrected chi connectivity index (χ0v) is 11.8. The van der Waals surface area contributed by atoms with Crippen molar-refractivity contribution in [3.05, 3.63) is 78.1 Å². The lowest BCUT2D eigenvalue weighted by Gasteiger charge is -2.06. The van der Waals surface area contributed by atoms with Gasteiger partial charge in [-0.25, -0.2) is 18.7 Å². The van der Waals surface area contributed by atoms with E-state index < -0.39 is 17.5 Å². The summed E-state index contributed by atoms with van der Waals surface area (Å²) in [5.41, 5.74) is 0.952. The first-order valence-electron chi connectivity index (χ1n) is 6.77. The van der Waals surface area contributed by atoms with E-state index in [1.165, 1.54) is 42.7 Å². The number of benzene rings is 2. The number of halogens is 2. The molecule has 0 saturated heterocycles. The smallest absolute Gasteiger partial charge is 0.255 e. The zero-order valence-electron chi connectivity index (χ0n) is 11.8. The average Bonchev–Trinajstić information content (AvgIpc) is 2.57. The molecule has 1 heterocycles. The van der Waals surface area contributed by atoms with E-state index in [2.05, 4.69) is 15.3 Å². The Morgan fingerprint density at radius 3 is 2.22 bits per heavy atom. The van der Waals surface area contributed by atoms with E-state index >= 15 is 0 Å². The minimum atomic E-state index is -0.421. The molecular weight excluding hydrogens is 300 g/mol. The quantitative estimate of drug-likeness (QED) is 0.803. The Hall–Kier alpha value is -3.15. The SMILES string of the molecule is O=C(Nc1cnc(-c2ccccc2F)nc1)c1ccc(F)cc1. The molecule has 0 aliphatic rings. The standard InChI is InChI=1S/C17H11F2N3O/c18-12-7-5-11(6-8-12)17(23)22-13-9-20-16(21-10-13)14-3-1-2-4-15(14)19/h1-10H,(H,22,23). The summed E-state index contributed by atoms with van der Waals surface area (Å²) in [5.74, 6) is -1.02. The van der Waals surface area contributed by atoms with Gasteiger partial charge in [-0.3, -0.25) is 4.79 Å². The third kappa shape index (κ3) is 3.37. The highest BCUT2D eigenvalue weighted by atomic mass is 19.1. The van der Waals surface area contributed by atoms with Crippen LogP contribution in [0, 0.1) is 11.6 Å². The van der Waals surface area contributed by atoms with Crippen LogP contribution in [0.2, 0.25) is 0 Å². The van der Waals surface area contributed by atoms with Crippen molar-refractivity contribution in [2.24, 2.45) is 0 Å². The Balaban J connectivity index is 1.76. The van der Waals surface area contributed by atoms with Crippen LogP contribution in [0.4, 0.5) is 14.5 Å². The summed E-state index contributed by atoms with van der Waals surface area (Å²) in [4.78, 5) is 20.1. The molecule has 0 saturated carbocycles. The Labute approximate surface area is 130 Å². The molecule has 0 fully saturated rings. The van der Waals surface area contributed by atoms with Gasteiger partial charge in [-0.1, -0.05) is 12.1 Å². The zero-order chi connectivity index (χ0) is 16.2. The molecule has 4 nitrogen and oxygen atoms in total. The van der Waals surface area contributed by atoms with E-state index in [-0.39, 0.29) is 11.4 Å². The summed E-state index contributed by atoms with van der Waals surface area (Å²) >= 11 is 0. The summed E-state index contributed by atoms with van der Waals surface area (Å²) in [6.45, 7) is 0. The van der Waals surface area contributed by atoms with Crippen LogP contribution >= 0.6 is 0 Å². The third-order valence-electron chi connectivity index (χ3n) is 3.13. The number of nitrogens with zero attached hydrogens (tertiary/aromatic N) is 2. The van der Waals surface area contributed by atoms with Gasteiger partial charge >= 0.3 is 0 Å². The first-order valence-corrected chi connectivity index (χ1v) is 6.77. The van der Waals surface area contributed by atoms with E-state index in [4.69, 9.17) is 0 Å². The Morgan fingerprint density at radius 2 is 1.57 bits per heavy atom. The van der Waals surface area contributed by atoms with Crippen molar-refractivity contribution in [3.8, 4) is 11.4 Å². The van der Waals surface area contributed by atoms with E-state index in [1.54, 1.807) is 18.2 Å². The molecule has 0 aliphatic heterocycles. The van der Waals surface area contributed by atoms with Gasteiger partial charge in [-0.2, -0.15) is 0 Å². The predicted molar refractivity (Wildman–Crippen MR) is 81.8 cm³/mol. The normalized spacial score (nSPS) is 10.3. The second-order valence-electron chi connectivity index (χ2n) is 4.74. The number of aromatic nitrogens is 2. The number of carbonyl (C=O) groups excluding carboxylic acids is 1. The molecule has 3 rings (SSSR count). The van der Waals surface area contributed by atoms with Crippen LogP contribution in [0.3, 0.4) is 0 Å². The maximum atomic E-state index is 13.7. The van der Waals surface area contributed by atoms with Gasteiger partial charge in [0.1, 0.15) is 11.6 Å². The summed E-state index contributed by atoms with van der Waals surface area (Å²) in [6.07, 6.45) is 2.77. The third-order valence-corrected chi connectivity index (χ3v) is 3.13. The van der Waals surface area contributed by atoms with Crippen LogP contribution in [0.15, 0.2) is 60.9 Å². The topological polar surface area (TPSA) is 54.9 Å². The molecule has 0 radical (unpaired) electrons. The van der Waals surface area contributed by atoms with Crippen molar-refractivity contribution in [1.29, 1.82) is 0 Å². The molecule has 1 aromatic heterocycles. The fourth-order valence-corrected chi connectivity index (χ4v) is 1.98. The molecule has 6 heteroatoms. The Morgan fingerprint density at radius 1 is 0.913 bits per heavy atom. The second-order valence-corrected chi connectivity index (χ2v) is 4.74. The maximum absolute atomic E-state index is 13.7. The highest BCUT2D eigenvalue weighted by Gasteiger charge is 2.09. The monoisotopic (exact) mass is 311 g/mol. The van der Waals surface area contributed by atoms with Crippen LogP contribution in [0.25, 0.3) is 11.4 Å².